The third-order valence-corrected chi connectivity index (χ3v) is 8.71. The highest BCUT2D eigenvalue weighted by molar-refractivity contribution is 7.52. The van der Waals surface area contributed by atoms with Crippen molar-refractivity contribution in [1.29, 1.82) is 0 Å². The van der Waals surface area contributed by atoms with Crippen LogP contribution in [0.1, 0.15) is 12.8 Å². The van der Waals surface area contributed by atoms with Crippen molar-refractivity contribution < 1.29 is 4.52 Å². The second-order valence-electron chi connectivity index (χ2n) is 8.63. The van der Waals surface area contributed by atoms with Gasteiger partial charge in [-0.25, -0.2) is 4.67 Å². The fourth-order valence-electron chi connectivity index (χ4n) is 4.99. The molecule has 2 atom stereocenters. The monoisotopic (exact) mass is 450 g/mol. The first-order valence-corrected chi connectivity index (χ1v) is 12.9. The average molecular weight is 451 g/mol. The van der Waals surface area contributed by atoms with Crippen LogP contribution >= 0.6 is 8.45 Å². The summed E-state index contributed by atoms with van der Waals surface area (Å²) >= 11 is 0. The molecule has 4 heteroatoms. The summed E-state index contributed by atoms with van der Waals surface area (Å²) in [4.78, 5) is 0. The number of hydrogen-bond acceptors (Lipinski definition) is 3. The van der Waals surface area contributed by atoms with E-state index in [1.807, 2.05) is 0 Å². The molecule has 2 saturated heterocycles. The number of benzene rings is 4. The maximum atomic E-state index is 6.95. The number of rotatable bonds is 5. The molecule has 2 heterocycles. The molecule has 33 heavy (non-hydrogen) atoms. The maximum absolute atomic E-state index is 6.95. The smallest absolute Gasteiger partial charge is 0.279 e. The third-order valence-electron chi connectivity index (χ3n) is 6.58. The van der Waals surface area contributed by atoms with Crippen LogP contribution in [0.25, 0.3) is 22.3 Å². The Hall–Kier alpha value is -3.13. The van der Waals surface area contributed by atoms with Crippen LogP contribution in [-0.2, 0) is 0 Å². The first-order chi connectivity index (χ1) is 16.4. The highest BCUT2D eigenvalue weighted by atomic mass is 31.2. The molecule has 2 fully saturated rings. The van der Waals surface area contributed by atoms with Crippen LogP contribution < -0.4 is 9.19 Å². The van der Waals surface area contributed by atoms with Gasteiger partial charge in [0.2, 0.25) is 0 Å². The lowest BCUT2D eigenvalue weighted by molar-refractivity contribution is 0.432. The van der Waals surface area contributed by atoms with Gasteiger partial charge in [0.1, 0.15) is 5.75 Å². The predicted octanol–water partition coefficient (Wildman–Crippen LogP) is 7.61. The number of hydrogen-bond donors (Lipinski definition) is 0. The molecule has 6 rings (SSSR count). The van der Waals surface area contributed by atoms with E-state index in [-0.39, 0.29) is 0 Å². The molecule has 1 unspecified atom stereocenters. The highest BCUT2D eigenvalue weighted by Gasteiger charge is 2.45. The van der Waals surface area contributed by atoms with Gasteiger partial charge in [-0.1, -0.05) is 91.0 Å². The van der Waals surface area contributed by atoms with Crippen molar-refractivity contribution in [1.82, 2.24) is 4.67 Å². The molecule has 3 nitrogen and oxygen atoms in total. The second-order valence-corrected chi connectivity index (χ2v) is 10.3. The molecular weight excluding hydrogens is 423 g/mol. The van der Waals surface area contributed by atoms with Crippen molar-refractivity contribution in [2.24, 2.45) is 0 Å². The predicted molar refractivity (Wildman–Crippen MR) is 138 cm³/mol. The first-order valence-electron chi connectivity index (χ1n) is 11.7. The maximum Gasteiger partial charge on any atom is 0.279 e. The van der Waals surface area contributed by atoms with Crippen LogP contribution in [0.4, 0.5) is 5.69 Å². The van der Waals surface area contributed by atoms with Crippen molar-refractivity contribution in [2.45, 2.75) is 18.9 Å². The standard InChI is InChI=1S/C29H27N2OP/c1-3-12-23(13-4-1)26-17-7-8-18-27(26)28-19-9-10-20-29(28)32-33-30-21-11-16-25(30)22-31(33)24-14-5-2-6-15-24/h1-10,12-15,17-20,25H,11,16,21-22H2/t25-,33?/m0/s1. The van der Waals surface area contributed by atoms with Gasteiger partial charge in [-0.05, 0) is 47.7 Å². The minimum Gasteiger partial charge on any atom is -0.440 e. The Bertz CT molecular complexity index is 1230. The van der Waals surface area contributed by atoms with Gasteiger partial charge in [0.15, 0.2) is 0 Å². The van der Waals surface area contributed by atoms with Gasteiger partial charge in [-0.3, -0.25) is 0 Å². The zero-order valence-electron chi connectivity index (χ0n) is 18.5. The van der Waals surface area contributed by atoms with Crippen molar-refractivity contribution in [2.75, 3.05) is 17.8 Å². The van der Waals surface area contributed by atoms with Crippen molar-refractivity contribution >= 4 is 14.1 Å². The van der Waals surface area contributed by atoms with E-state index in [0.717, 1.165) is 24.4 Å². The van der Waals surface area contributed by atoms with Gasteiger partial charge < -0.3 is 9.19 Å². The largest absolute Gasteiger partial charge is 0.440 e. The topological polar surface area (TPSA) is 15.7 Å². The lowest BCUT2D eigenvalue weighted by Crippen LogP contribution is -2.20. The zero-order chi connectivity index (χ0) is 22.0. The van der Waals surface area contributed by atoms with E-state index in [9.17, 15) is 0 Å². The number of anilines is 1. The summed E-state index contributed by atoms with van der Waals surface area (Å²) in [6.45, 7) is 2.15. The highest BCUT2D eigenvalue weighted by Crippen LogP contribution is 2.57. The van der Waals surface area contributed by atoms with E-state index < -0.39 is 8.45 Å². The molecule has 2 aliphatic heterocycles. The molecule has 0 aromatic heterocycles. The summed E-state index contributed by atoms with van der Waals surface area (Å²) in [5, 5.41) is 0. The lowest BCUT2D eigenvalue weighted by Gasteiger charge is -2.30. The van der Waals surface area contributed by atoms with Crippen molar-refractivity contribution in [3.8, 4) is 28.0 Å². The van der Waals surface area contributed by atoms with E-state index in [4.69, 9.17) is 4.52 Å². The van der Waals surface area contributed by atoms with Gasteiger partial charge in [-0.15, -0.1) is 0 Å². The van der Waals surface area contributed by atoms with Crippen LogP contribution in [0.2, 0.25) is 0 Å². The van der Waals surface area contributed by atoms with E-state index >= 15 is 0 Å². The molecule has 0 N–H and O–H groups in total. The number of para-hydroxylation sites is 2. The summed E-state index contributed by atoms with van der Waals surface area (Å²) in [7, 11) is -0.905. The Balaban J connectivity index is 1.40. The summed E-state index contributed by atoms with van der Waals surface area (Å²) in [6, 6.07) is 39.1. The molecule has 0 radical (unpaired) electrons. The van der Waals surface area contributed by atoms with Crippen LogP contribution in [-0.4, -0.2) is 23.8 Å². The molecule has 0 aliphatic carbocycles. The summed E-state index contributed by atoms with van der Waals surface area (Å²) in [5.41, 5.74) is 6.06. The Morgan fingerprint density at radius 1 is 0.667 bits per heavy atom. The lowest BCUT2D eigenvalue weighted by atomic mass is 9.94. The quantitative estimate of drug-likeness (QED) is 0.291. The van der Waals surface area contributed by atoms with Gasteiger partial charge in [0, 0.05) is 30.4 Å². The molecule has 4 aromatic carbocycles. The minimum atomic E-state index is -0.905. The van der Waals surface area contributed by atoms with Crippen LogP contribution in [0, 0.1) is 0 Å². The van der Waals surface area contributed by atoms with Gasteiger partial charge in [0.05, 0.1) is 0 Å². The van der Waals surface area contributed by atoms with Crippen LogP contribution in [0.3, 0.4) is 0 Å². The Labute approximate surface area is 197 Å². The molecule has 164 valence electrons. The SMILES string of the molecule is c1ccc(-c2ccccc2-c2ccccc2OP2N(c3ccccc3)C[C@@H]3CCCN32)cc1. The minimum absolute atomic E-state index is 0.583. The van der Waals surface area contributed by atoms with Gasteiger partial charge in [0.25, 0.3) is 8.45 Å². The molecule has 0 saturated carbocycles. The van der Waals surface area contributed by atoms with E-state index in [2.05, 4.69) is 119 Å². The van der Waals surface area contributed by atoms with Crippen molar-refractivity contribution in [3.05, 3.63) is 109 Å². The molecule has 4 aromatic rings. The normalized spacial score (nSPS) is 20.1. The Morgan fingerprint density at radius 3 is 2.09 bits per heavy atom. The van der Waals surface area contributed by atoms with Crippen LogP contribution in [0.15, 0.2) is 109 Å². The van der Waals surface area contributed by atoms with E-state index in [1.165, 1.54) is 35.2 Å². The van der Waals surface area contributed by atoms with Crippen molar-refractivity contribution in [3.63, 3.8) is 0 Å². The first kappa shape index (κ1) is 20.5. The summed E-state index contributed by atoms with van der Waals surface area (Å²) in [6.07, 6.45) is 2.51. The van der Waals surface area contributed by atoms with E-state index in [0.29, 0.717) is 6.04 Å². The number of nitrogens with zero attached hydrogens (tertiary/aromatic N) is 2. The van der Waals surface area contributed by atoms with Crippen LogP contribution in [0.5, 0.6) is 5.75 Å². The van der Waals surface area contributed by atoms with Gasteiger partial charge >= 0.3 is 0 Å². The molecule has 0 amide bonds. The third kappa shape index (κ3) is 3.93. The fraction of sp³-hybridized carbons (Fsp3) is 0.172. The molecular formula is C29H27N2OP. The Kier molecular flexibility index (Phi) is 5.59. The number of fused-ring (bicyclic) bond motifs is 1. The second kappa shape index (κ2) is 9.02. The summed E-state index contributed by atoms with van der Waals surface area (Å²) < 4.78 is 12.0. The van der Waals surface area contributed by atoms with Gasteiger partial charge in [-0.2, -0.15) is 0 Å². The van der Waals surface area contributed by atoms with E-state index in [1.54, 1.807) is 0 Å². The molecule has 2 aliphatic rings. The zero-order valence-corrected chi connectivity index (χ0v) is 19.4. The Morgan fingerprint density at radius 2 is 1.30 bits per heavy atom. The molecule has 0 spiro atoms. The average Bonchev–Trinajstić information content (AvgIpc) is 3.48. The molecule has 0 bridgehead atoms. The summed E-state index contributed by atoms with van der Waals surface area (Å²) in [5.74, 6) is 0.959. The fourth-order valence-corrected chi connectivity index (χ4v) is 7.24.